The molecule has 1 fully saturated rings. The summed E-state index contributed by atoms with van der Waals surface area (Å²) in [4.78, 5) is 0. The maximum atomic E-state index is 5.82. The highest BCUT2D eigenvalue weighted by molar-refractivity contribution is 5.09. The fourth-order valence-electron chi connectivity index (χ4n) is 3.38. The zero-order valence-corrected chi connectivity index (χ0v) is 12.1. The fraction of sp³-hybridized carbons (Fsp3) is 0.875. The van der Waals surface area contributed by atoms with Crippen molar-refractivity contribution in [3.63, 3.8) is 0 Å². The molecule has 0 aromatic rings. The second-order valence-electron chi connectivity index (χ2n) is 5.86. The molecule has 0 radical (unpaired) electrons. The van der Waals surface area contributed by atoms with E-state index in [-0.39, 0.29) is 0 Å². The summed E-state index contributed by atoms with van der Waals surface area (Å²) < 4.78 is 5.82. The Labute approximate surface area is 112 Å². The van der Waals surface area contributed by atoms with Crippen molar-refractivity contribution in [3.8, 4) is 0 Å². The first-order valence-corrected chi connectivity index (χ1v) is 7.91. The van der Waals surface area contributed by atoms with Crippen LogP contribution in [0.25, 0.3) is 0 Å². The van der Waals surface area contributed by atoms with E-state index in [1.807, 2.05) is 0 Å². The van der Waals surface area contributed by atoms with Crippen molar-refractivity contribution >= 4 is 0 Å². The van der Waals surface area contributed by atoms with Crippen molar-refractivity contribution < 1.29 is 4.74 Å². The lowest BCUT2D eigenvalue weighted by Crippen LogP contribution is -2.40. The second kappa shape index (κ2) is 7.18. The van der Waals surface area contributed by atoms with Gasteiger partial charge in [-0.25, -0.2) is 0 Å². The molecular formula is C16H29NO. The fourth-order valence-corrected chi connectivity index (χ4v) is 3.38. The Balaban J connectivity index is 1.91. The zero-order valence-electron chi connectivity index (χ0n) is 12.1. The normalized spacial score (nSPS) is 29.8. The largest absolute Gasteiger partial charge is 0.496 e. The number of rotatable bonds is 6. The SMILES string of the molecule is CCCNC(C1=CCCO1)C1CCC(CC)CC1. The molecule has 1 atom stereocenters. The molecule has 2 aliphatic rings. The van der Waals surface area contributed by atoms with Gasteiger partial charge in [-0.1, -0.05) is 33.1 Å². The van der Waals surface area contributed by atoms with Crippen molar-refractivity contribution in [3.05, 3.63) is 11.8 Å². The van der Waals surface area contributed by atoms with Gasteiger partial charge in [0.15, 0.2) is 0 Å². The molecule has 0 aromatic carbocycles. The predicted octanol–water partition coefficient (Wildman–Crippen LogP) is 3.88. The molecule has 0 amide bonds. The van der Waals surface area contributed by atoms with Crippen LogP contribution >= 0.6 is 0 Å². The summed E-state index contributed by atoms with van der Waals surface area (Å²) in [5.74, 6) is 3.01. The van der Waals surface area contributed by atoms with Crippen LogP contribution in [0.4, 0.5) is 0 Å². The van der Waals surface area contributed by atoms with Crippen LogP contribution in [-0.4, -0.2) is 19.2 Å². The summed E-state index contributed by atoms with van der Waals surface area (Å²) in [5.41, 5.74) is 0. The van der Waals surface area contributed by atoms with E-state index in [1.54, 1.807) is 0 Å². The van der Waals surface area contributed by atoms with Gasteiger partial charge in [0.25, 0.3) is 0 Å². The van der Waals surface area contributed by atoms with Crippen LogP contribution in [0, 0.1) is 11.8 Å². The number of hydrogen-bond acceptors (Lipinski definition) is 2. The van der Waals surface area contributed by atoms with E-state index in [2.05, 4.69) is 25.2 Å². The summed E-state index contributed by atoms with van der Waals surface area (Å²) >= 11 is 0. The van der Waals surface area contributed by atoms with Crippen LogP contribution in [0.3, 0.4) is 0 Å². The van der Waals surface area contributed by atoms with Gasteiger partial charge >= 0.3 is 0 Å². The van der Waals surface area contributed by atoms with Crippen LogP contribution in [0.15, 0.2) is 11.8 Å². The van der Waals surface area contributed by atoms with Gasteiger partial charge in [0.1, 0.15) is 5.76 Å². The highest BCUT2D eigenvalue weighted by Crippen LogP contribution is 2.35. The minimum Gasteiger partial charge on any atom is -0.496 e. The first kappa shape index (κ1) is 13.9. The van der Waals surface area contributed by atoms with Gasteiger partial charge in [0.05, 0.1) is 12.6 Å². The molecule has 1 unspecified atom stereocenters. The van der Waals surface area contributed by atoms with E-state index >= 15 is 0 Å². The summed E-state index contributed by atoms with van der Waals surface area (Å²) in [7, 11) is 0. The predicted molar refractivity (Wildman–Crippen MR) is 76.5 cm³/mol. The first-order chi connectivity index (χ1) is 8.85. The molecular weight excluding hydrogens is 222 g/mol. The van der Waals surface area contributed by atoms with Crippen LogP contribution < -0.4 is 5.32 Å². The van der Waals surface area contributed by atoms with Gasteiger partial charge in [-0.15, -0.1) is 0 Å². The lowest BCUT2D eigenvalue weighted by molar-refractivity contribution is 0.162. The zero-order chi connectivity index (χ0) is 12.8. The number of ether oxygens (including phenoxy) is 1. The third-order valence-corrected chi connectivity index (χ3v) is 4.59. The Morgan fingerprint density at radius 3 is 2.61 bits per heavy atom. The number of hydrogen-bond donors (Lipinski definition) is 1. The van der Waals surface area contributed by atoms with Crippen molar-refractivity contribution in [1.82, 2.24) is 5.32 Å². The highest BCUT2D eigenvalue weighted by atomic mass is 16.5. The quantitative estimate of drug-likeness (QED) is 0.773. The Morgan fingerprint density at radius 2 is 2.06 bits per heavy atom. The van der Waals surface area contributed by atoms with Crippen molar-refractivity contribution in [2.24, 2.45) is 11.8 Å². The molecule has 2 heteroatoms. The van der Waals surface area contributed by atoms with Crippen LogP contribution in [0.5, 0.6) is 0 Å². The molecule has 0 bridgehead atoms. The molecule has 2 nitrogen and oxygen atoms in total. The molecule has 1 N–H and O–H groups in total. The van der Waals surface area contributed by atoms with Crippen LogP contribution in [0.1, 0.15) is 58.8 Å². The Hall–Kier alpha value is -0.500. The molecule has 1 saturated carbocycles. The maximum absolute atomic E-state index is 5.82. The van der Waals surface area contributed by atoms with Crippen LogP contribution in [0.2, 0.25) is 0 Å². The second-order valence-corrected chi connectivity index (χ2v) is 5.86. The topological polar surface area (TPSA) is 21.3 Å². The average molecular weight is 251 g/mol. The molecule has 18 heavy (non-hydrogen) atoms. The Bertz CT molecular complexity index is 266. The van der Waals surface area contributed by atoms with Crippen molar-refractivity contribution in [2.45, 2.75) is 64.8 Å². The maximum Gasteiger partial charge on any atom is 0.109 e. The lowest BCUT2D eigenvalue weighted by Gasteiger charge is -2.34. The minimum atomic E-state index is 0.491. The van der Waals surface area contributed by atoms with Gasteiger partial charge in [-0.05, 0) is 43.7 Å². The summed E-state index contributed by atoms with van der Waals surface area (Å²) in [6, 6.07) is 0.491. The summed E-state index contributed by atoms with van der Waals surface area (Å²) in [5, 5.41) is 3.72. The molecule has 1 aliphatic heterocycles. The third kappa shape index (κ3) is 3.50. The van der Waals surface area contributed by atoms with Gasteiger partial charge in [0, 0.05) is 6.42 Å². The van der Waals surface area contributed by atoms with Gasteiger partial charge < -0.3 is 10.1 Å². The van der Waals surface area contributed by atoms with E-state index in [9.17, 15) is 0 Å². The Kier molecular flexibility index (Phi) is 5.55. The first-order valence-electron chi connectivity index (χ1n) is 7.91. The smallest absolute Gasteiger partial charge is 0.109 e. The van der Waals surface area contributed by atoms with E-state index in [4.69, 9.17) is 4.74 Å². The van der Waals surface area contributed by atoms with Gasteiger partial charge in [0.2, 0.25) is 0 Å². The molecule has 104 valence electrons. The molecule has 0 saturated heterocycles. The van der Waals surface area contributed by atoms with Gasteiger partial charge in [-0.3, -0.25) is 0 Å². The Morgan fingerprint density at radius 1 is 1.28 bits per heavy atom. The molecule has 0 spiro atoms. The molecule has 2 rings (SSSR count). The lowest BCUT2D eigenvalue weighted by atomic mass is 9.77. The minimum absolute atomic E-state index is 0.491. The summed E-state index contributed by atoms with van der Waals surface area (Å²) in [6.45, 7) is 6.57. The number of nitrogens with one attached hydrogen (secondary N) is 1. The van der Waals surface area contributed by atoms with E-state index in [0.717, 1.165) is 31.4 Å². The van der Waals surface area contributed by atoms with E-state index in [1.165, 1.54) is 44.3 Å². The summed E-state index contributed by atoms with van der Waals surface area (Å²) in [6.07, 6.45) is 11.6. The van der Waals surface area contributed by atoms with E-state index in [0.29, 0.717) is 6.04 Å². The van der Waals surface area contributed by atoms with Crippen molar-refractivity contribution in [2.75, 3.05) is 13.2 Å². The van der Waals surface area contributed by atoms with Crippen molar-refractivity contribution in [1.29, 1.82) is 0 Å². The average Bonchev–Trinajstić information content (AvgIpc) is 2.94. The molecule has 0 aromatic heterocycles. The monoisotopic (exact) mass is 251 g/mol. The highest BCUT2D eigenvalue weighted by Gasteiger charge is 2.30. The van der Waals surface area contributed by atoms with E-state index < -0.39 is 0 Å². The third-order valence-electron chi connectivity index (χ3n) is 4.59. The van der Waals surface area contributed by atoms with Gasteiger partial charge in [-0.2, -0.15) is 0 Å². The molecule has 1 heterocycles. The van der Waals surface area contributed by atoms with Crippen LogP contribution in [-0.2, 0) is 4.74 Å². The standard InChI is InChI=1S/C16H29NO/c1-3-11-17-16(15-6-5-12-18-15)14-9-7-13(4-2)8-10-14/h6,13-14,16-17H,3-5,7-12H2,1-2H3. The molecule has 1 aliphatic carbocycles.